The molecule has 5 nitrogen and oxygen atoms in total. The van der Waals surface area contributed by atoms with Crippen LogP contribution >= 0.6 is 0 Å². The van der Waals surface area contributed by atoms with Gasteiger partial charge < -0.3 is 10.2 Å². The van der Waals surface area contributed by atoms with Crippen LogP contribution < -0.4 is 10.2 Å². The van der Waals surface area contributed by atoms with Crippen LogP contribution in [0.2, 0.25) is 0 Å². The van der Waals surface area contributed by atoms with Crippen molar-refractivity contribution in [1.29, 1.82) is 0 Å². The fraction of sp³-hybridized carbons (Fsp3) is 0.455. The summed E-state index contributed by atoms with van der Waals surface area (Å²) in [6.07, 6.45) is 0.711. The molecule has 0 saturated carbocycles. The summed E-state index contributed by atoms with van der Waals surface area (Å²) in [5, 5.41) is 13.4. The van der Waals surface area contributed by atoms with E-state index < -0.39 is 22.2 Å². The number of anilines is 1. The highest BCUT2D eigenvalue weighted by molar-refractivity contribution is 5.53. The summed E-state index contributed by atoms with van der Waals surface area (Å²) < 4.78 is 27.3. The molecule has 7 heteroatoms. The second-order valence-corrected chi connectivity index (χ2v) is 3.89. The zero-order chi connectivity index (χ0) is 13.7. The van der Waals surface area contributed by atoms with Crippen molar-refractivity contribution in [3.63, 3.8) is 0 Å². The first-order valence-corrected chi connectivity index (χ1v) is 5.46. The van der Waals surface area contributed by atoms with Crippen molar-refractivity contribution in [1.82, 2.24) is 5.32 Å². The third-order valence-electron chi connectivity index (χ3n) is 2.51. The first-order chi connectivity index (χ1) is 8.47. The van der Waals surface area contributed by atoms with Gasteiger partial charge in [0.1, 0.15) is 5.69 Å². The van der Waals surface area contributed by atoms with E-state index in [1.54, 1.807) is 14.1 Å². The zero-order valence-electron chi connectivity index (χ0n) is 10.2. The maximum atomic E-state index is 13.6. The number of nitro groups is 1. The minimum absolute atomic E-state index is 0.239. The van der Waals surface area contributed by atoms with Crippen molar-refractivity contribution in [2.75, 3.05) is 32.1 Å². The van der Waals surface area contributed by atoms with Crippen LogP contribution in [0.4, 0.5) is 20.2 Å². The molecule has 0 saturated heterocycles. The van der Waals surface area contributed by atoms with Crippen molar-refractivity contribution >= 4 is 11.4 Å². The van der Waals surface area contributed by atoms with Crippen molar-refractivity contribution in [3.8, 4) is 0 Å². The molecule has 1 aromatic rings. The second-order valence-electron chi connectivity index (χ2n) is 3.89. The predicted molar refractivity (Wildman–Crippen MR) is 64.8 cm³/mol. The van der Waals surface area contributed by atoms with Crippen LogP contribution in [0, 0.1) is 21.7 Å². The summed E-state index contributed by atoms with van der Waals surface area (Å²) in [7, 11) is 3.33. The highest BCUT2D eigenvalue weighted by atomic mass is 19.1. The van der Waals surface area contributed by atoms with Gasteiger partial charge in [-0.3, -0.25) is 10.1 Å². The van der Waals surface area contributed by atoms with Gasteiger partial charge in [-0.2, -0.15) is 0 Å². The number of nitrogens with one attached hydrogen (secondary N) is 1. The first-order valence-electron chi connectivity index (χ1n) is 5.46. The third kappa shape index (κ3) is 3.36. The molecule has 100 valence electrons. The number of hydrogen-bond acceptors (Lipinski definition) is 4. The van der Waals surface area contributed by atoms with E-state index in [0.29, 0.717) is 13.0 Å². The Balaban J connectivity index is 2.92. The van der Waals surface area contributed by atoms with Gasteiger partial charge in [-0.05, 0) is 20.0 Å². The van der Waals surface area contributed by atoms with E-state index in [-0.39, 0.29) is 5.69 Å². The minimum atomic E-state index is -0.923. The van der Waals surface area contributed by atoms with Gasteiger partial charge in [-0.1, -0.05) is 0 Å². The van der Waals surface area contributed by atoms with Crippen LogP contribution in [-0.2, 0) is 0 Å². The topological polar surface area (TPSA) is 58.4 Å². The van der Waals surface area contributed by atoms with E-state index in [9.17, 15) is 18.9 Å². The summed E-state index contributed by atoms with van der Waals surface area (Å²) in [4.78, 5) is 11.0. The summed E-state index contributed by atoms with van der Waals surface area (Å²) >= 11 is 0. The number of non-ortho nitro benzene ring substituents is 1. The van der Waals surface area contributed by atoms with E-state index in [0.717, 1.165) is 18.7 Å². The Labute approximate surface area is 104 Å². The van der Waals surface area contributed by atoms with Crippen molar-refractivity contribution < 1.29 is 13.7 Å². The maximum Gasteiger partial charge on any atom is 0.275 e. The lowest BCUT2D eigenvalue weighted by Gasteiger charge is -2.20. The van der Waals surface area contributed by atoms with Gasteiger partial charge in [0.15, 0.2) is 11.6 Å². The molecule has 0 spiro atoms. The molecule has 1 aromatic carbocycles. The standard InChI is InChI=1S/C11H15F2N3O2/c1-14-4-3-5-15(2)11-9(12)6-8(16(17)18)7-10(11)13/h6-7,14H,3-5H2,1-2H3. The highest BCUT2D eigenvalue weighted by Gasteiger charge is 2.19. The van der Waals surface area contributed by atoms with E-state index in [1.807, 2.05) is 0 Å². The Morgan fingerprint density at radius 2 is 1.94 bits per heavy atom. The molecule has 0 aromatic heterocycles. The average molecular weight is 259 g/mol. The molecule has 1 rings (SSSR count). The number of nitro benzene ring substituents is 1. The molecule has 0 aliphatic carbocycles. The molecule has 0 bridgehead atoms. The molecule has 0 heterocycles. The maximum absolute atomic E-state index is 13.6. The SMILES string of the molecule is CNCCCN(C)c1c(F)cc([N+](=O)[O-])cc1F. The largest absolute Gasteiger partial charge is 0.370 e. The van der Waals surface area contributed by atoms with Crippen molar-refractivity contribution in [2.24, 2.45) is 0 Å². The van der Waals surface area contributed by atoms with Crippen LogP contribution in [-0.4, -0.2) is 32.1 Å². The van der Waals surface area contributed by atoms with Gasteiger partial charge in [0.05, 0.1) is 17.1 Å². The first kappa shape index (κ1) is 14.3. The zero-order valence-corrected chi connectivity index (χ0v) is 10.2. The van der Waals surface area contributed by atoms with Gasteiger partial charge in [0.25, 0.3) is 5.69 Å². The van der Waals surface area contributed by atoms with Crippen LogP contribution in [0.25, 0.3) is 0 Å². The van der Waals surface area contributed by atoms with E-state index in [4.69, 9.17) is 0 Å². The van der Waals surface area contributed by atoms with E-state index >= 15 is 0 Å². The fourth-order valence-corrected chi connectivity index (χ4v) is 1.63. The van der Waals surface area contributed by atoms with Crippen LogP contribution in [0.15, 0.2) is 12.1 Å². The highest BCUT2D eigenvalue weighted by Crippen LogP contribution is 2.27. The summed E-state index contributed by atoms with van der Waals surface area (Å²) in [6.45, 7) is 1.17. The molecular weight excluding hydrogens is 244 g/mol. The number of nitrogens with zero attached hydrogens (tertiary/aromatic N) is 2. The molecule has 0 atom stereocenters. The molecule has 0 unspecified atom stereocenters. The molecule has 0 aliphatic rings. The molecule has 0 radical (unpaired) electrons. The van der Waals surface area contributed by atoms with Gasteiger partial charge in [0.2, 0.25) is 0 Å². The molecule has 1 N–H and O–H groups in total. The number of rotatable bonds is 6. The smallest absolute Gasteiger partial charge is 0.275 e. The molecular formula is C11H15F2N3O2. The van der Waals surface area contributed by atoms with Gasteiger partial charge in [0, 0.05) is 13.6 Å². The van der Waals surface area contributed by atoms with Gasteiger partial charge in [-0.25, -0.2) is 8.78 Å². The van der Waals surface area contributed by atoms with Crippen LogP contribution in [0.3, 0.4) is 0 Å². The van der Waals surface area contributed by atoms with Gasteiger partial charge >= 0.3 is 0 Å². The Hall–Kier alpha value is -1.76. The molecule has 0 amide bonds. The lowest BCUT2D eigenvalue weighted by molar-refractivity contribution is -0.385. The second kappa shape index (κ2) is 6.25. The minimum Gasteiger partial charge on any atom is -0.370 e. The van der Waals surface area contributed by atoms with E-state index in [2.05, 4.69) is 5.32 Å². The number of hydrogen-bond donors (Lipinski definition) is 1. The fourth-order valence-electron chi connectivity index (χ4n) is 1.63. The Bertz CT molecular complexity index is 417. The van der Waals surface area contributed by atoms with Gasteiger partial charge in [-0.15, -0.1) is 0 Å². The summed E-state index contributed by atoms with van der Waals surface area (Å²) in [5.74, 6) is -1.85. The third-order valence-corrected chi connectivity index (χ3v) is 2.51. The van der Waals surface area contributed by atoms with Crippen molar-refractivity contribution in [2.45, 2.75) is 6.42 Å². The molecule has 18 heavy (non-hydrogen) atoms. The normalized spacial score (nSPS) is 10.4. The predicted octanol–water partition coefficient (Wildman–Crippen LogP) is 1.92. The summed E-state index contributed by atoms with van der Waals surface area (Å²) in [5.41, 5.74) is -0.825. The lowest BCUT2D eigenvalue weighted by Crippen LogP contribution is -2.24. The average Bonchev–Trinajstić information content (AvgIpc) is 2.28. The molecule has 0 fully saturated rings. The monoisotopic (exact) mass is 259 g/mol. The van der Waals surface area contributed by atoms with Crippen LogP contribution in [0.1, 0.15) is 6.42 Å². The Morgan fingerprint density at radius 1 is 1.39 bits per heavy atom. The Morgan fingerprint density at radius 3 is 2.39 bits per heavy atom. The quantitative estimate of drug-likeness (QED) is 0.481. The number of benzene rings is 1. The van der Waals surface area contributed by atoms with E-state index in [1.165, 1.54) is 4.90 Å². The lowest BCUT2D eigenvalue weighted by atomic mass is 10.2. The number of halogens is 2. The molecule has 0 aliphatic heterocycles. The van der Waals surface area contributed by atoms with Crippen LogP contribution in [0.5, 0.6) is 0 Å². The van der Waals surface area contributed by atoms with Crippen molar-refractivity contribution in [3.05, 3.63) is 33.9 Å². The summed E-state index contributed by atoms with van der Waals surface area (Å²) in [6, 6.07) is 1.46. The Kier molecular flexibility index (Phi) is 4.96.